The summed E-state index contributed by atoms with van der Waals surface area (Å²) in [6, 6.07) is 16.2. The van der Waals surface area contributed by atoms with Gasteiger partial charge in [-0.2, -0.15) is 0 Å². The van der Waals surface area contributed by atoms with Crippen molar-refractivity contribution in [2.75, 3.05) is 39.7 Å². The van der Waals surface area contributed by atoms with Crippen LogP contribution in [0.15, 0.2) is 48.5 Å². The number of aromatic amines is 2. The van der Waals surface area contributed by atoms with E-state index in [2.05, 4.69) is 46.6 Å². The Balaban J connectivity index is 1.60. The lowest BCUT2D eigenvalue weighted by atomic mass is 10.2. The van der Waals surface area contributed by atoms with E-state index in [1.165, 1.54) is 0 Å². The van der Waals surface area contributed by atoms with Gasteiger partial charge >= 0.3 is 0 Å². The fraction of sp³-hybridized carbons (Fsp3) is 0.273. The van der Waals surface area contributed by atoms with Crippen molar-refractivity contribution in [1.29, 1.82) is 0 Å². The first-order valence-corrected chi connectivity index (χ1v) is 9.46. The molecule has 0 radical (unpaired) electrons. The lowest BCUT2D eigenvalue weighted by Crippen LogP contribution is -2.15. The van der Waals surface area contributed by atoms with E-state index < -0.39 is 0 Å². The average molecular weight is 378 g/mol. The summed E-state index contributed by atoms with van der Waals surface area (Å²) in [6.45, 7) is 1.72. The van der Waals surface area contributed by atoms with Crippen molar-refractivity contribution < 1.29 is 9.47 Å². The fourth-order valence-electron chi connectivity index (χ4n) is 3.43. The van der Waals surface area contributed by atoms with Gasteiger partial charge in [-0.25, -0.2) is 0 Å². The summed E-state index contributed by atoms with van der Waals surface area (Å²) in [6.07, 6.45) is 0.998. The van der Waals surface area contributed by atoms with Gasteiger partial charge in [-0.3, -0.25) is 10.2 Å². The Morgan fingerprint density at radius 1 is 1.00 bits per heavy atom. The van der Waals surface area contributed by atoms with Crippen LogP contribution in [0.3, 0.4) is 0 Å². The number of ether oxygens (including phenoxy) is 2. The Morgan fingerprint density at radius 3 is 2.68 bits per heavy atom. The molecule has 4 rings (SSSR count). The van der Waals surface area contributed by atoms with Crippen LogP contribution in [-0.4, -0.2) is 49.5 Å². The second-order valence-corrected chi connectivity index (χ2v) is 7.14. The van der Waals surface area contributed by atoms with Gasteiger partial charge in [0, 0.05) is 34.6 Å². The smallest absolute Gasteiger partial charge is 0.132 e. The van der Waals surface area contributed by atoms with Gasteiger partial charge in [0.05, 0.1) is 19.4 Å². The Kier molecular flexibility index (Phi) is 5.12. The number of benzene rings is 2. The van der Waals surface area contributed by atoms with Crippen LogP contribution in [0.25, 0.3) is 22.0 Å². The summed E-state index contributed by atoms with van der Waals surface area (Å²) >= 11 is 0. The summed E-state index contributed by atoms with van der Waals surface area (Å²) in [5.74, 6) is 2.66. The van der Waals surface area contributed by atoms with Crippen LogP contribution in [0.2, 0.25) is 0 Å². The number of rotatable bonds is 8. The number of anilines is 2. The first kappa shape index (κ1) is 18.3. The zero-order chi connectivity index (χ0) is 19.5. The van der Waals surface area contributed by atoms with Gasteiger partial charge in [0.2, 0.25) is 0 Å². The Labute approximate surface area is 164 Å². The van der Waals surface area contributed by atoms with Gasteiger partial charge in [-0.1, -0.05) is 18.2 Å². The SMILES string of the molecule is COc1cccc(Nc2[nH][nH]c3c4cccc(OCCCN(C)C)c4cc2-3)c1. The molecule has 0 bridgehead atoms. The van der Waals surface area contributed by atoms with Gasteiger partial charge in [-0.15, -0.1) is 0 Å². The molecule has 2 aromatic rings. The monoisotopic (exact) mass is 378 g/mol. The van der Waals surface area contributed by atoms with Crippen LogP contribution in [0.4, 0.5) is 11.5 Å². The first-order chi connectivity index (χ1) is 13.7. The first-order valence-electron chi connectivity index (χ1n) is 9.46. The van der Waals surface area contributed by atoms with Crippen LogP contribution >= 0.6 is 0 Å². The number of nitrogens with zero attached hydrogens (tertiary/aromatic N) is 1. The zero-order valence-corrected chi connectivity index (χ0v) is 16.5. The fourth-order valence-corrected chi connectivity index (χ4v) is 3.43. The number of methoxy groups -OCH3 is 1. The molecular weight excluding hydrogens is 352 g/mol. The maximum atomic E-state index is 6.07. The minimum absolute atomic E-state index is 0.706. The summed E-state index contributed by atoms with van der Waals surface area (Å²) in [4.78, 5) is 2.17. The summed E-state index contributed by atoms with van der Waals surface area (Å²) in [5.41, 5.74) is 3.13. The molecule has 0 atom stereocenters. The van der Waals surface area contributed by atoms with E-state index in [9.17, 15) is 0 Å². The molecule has 1 heterocycles. The van der Waals surface area contributed by atoms with E-state index in [0.717, 1.165) is 58.0 Å². The second kappa shape index (κ2) is 7.86. The number of nitrogens with one attached hydrogen (secondary N) is 3. The van der Waals surface area contributed by atoms with Crippen LogP contribution in [0.1, 0.15) is 6.42 Å². The minimum Gasteiger partial charge on any atom is -0.497 e. The lowest BCUT2D eigenvalue weighted by Gasteiger charge is -2.11. The lowest BCUT2D eigenvalue weighted by molar-refractivity contribution is 0.284. The summed E-state index contributed by atoms with van der Waals surface area (Å²) in [7, 11) is 5.82. The molecule has 0 unspecified atom stereocenters. The molecule has 3 N–H and O–H groups in total. The van der Waals surface area contributed by atoms with Gasteiger partial charge < -0.3 is 19.7 Å². The molecule has 28 heavy (non-hydrogen) atoms. The summed E-state index contributed by atoms with van der Waals surface area (Å²) in [5, 5.41) is 12.2. The molecular formula is C22H26N4O2. The molecule has 2 aromatic carbocycles. The molecule has 0 aromatic heterocycles. The number of H-pyrrole nitrogens is 2. The highest BCUT2D eigenvalue weighted by Gasteiger charge is 2.19. The highest BCUT2D eigenvalue weighted by molar-refractivity contribution is 6.06. The van der Waals surface area contributed by atoms with Gasteiger partial charge in [0.1, 0.15) is 17.3 Å². The van der Waals surface area contributed by atoms with Crippen molar-refractivity contribution in [3.8, 4) is 22.8 Å². The van der Waals surface area contributed by atoms with E-state index in [1.807, 2.05) is 36.4 Å². The third-order valence-electron chi connectivity index (χ3n) is 4.82. The van der Waals surface area contributed by atoms with E-state index >= 15 is 0 Å². The molecule has 146 valence electrons. The largest absolute Gasteiger partial charge is 0.497 e. The number of hydrogen-bond acceptors (Lipinski definition) is 4. The maximum Gasteiger partial charge on any atom is 0.132 e. The maximum absolute atomic E-state index is 6.07. The predicted octanol–water partition coefficient (Wildman–Crippen LogP) is 4.68. The number of fused-ring (bicyclic) bond motifs is 3. The van der Waals surface area contributed by atoms with Gasteiger partial charge in [0.25, 0.3) is 0 Å². The van der Waals surface area contributed by atoms with Gasteiger partial charge in [-0.05, 0) is 44.8 Å². The molecule has 0 spiro atoms. The molecule has 6 heteroatoms. The van der Waals surface area contributed by atoms with E-state index in [4.69, 9.17) is 9.47 Å². The molecule has 6 nitrogen and oxygen atoms in total. The Morgan fingerprint density at radius 2 is 1.86 bits per heavy atom. The Bertz CT molecular complexity index is 1030. The van der Waals surface area contributed by atoms with E-state index in [-0.39, 0.29) is 0 Å². The van der Waals surface area contributed by atoms with Crippen molar-refractivity contribution in [1.82, 2.24) is 15.1 Å². The van der Waals surface area contributed by atoms with E-state index in [1.54, 1.807) is 7.11 Å². The molecule has 1 aliphatic carbocycles. The topological polar surface area (TPSA) is 65.3 Å². The molecule has 0 saturated heterocycles. The highest BCUT2D eigenvalue weighted by atomic mass is 16.5. The van der Waals surface area contributed by atoms with E-state index in [0.29, 0.717) is 6.61 Å². The van der Waals surface area contributed by atoms with Crippen molar-refractivity contribution >= 4 is 22.3 Å². The molecule has 1 aliphatic heterocycles. The zero-order valence-electron chi connectivity index (χ0n) is 16.5. The van der Waals surface area contributed by atoms with Crippen molar-refractivity contribution in [2.24, 2.45) is 0 Å². The molecule has 0 amide bonds. The normalized spacial score (nSPS) is 11.4. The van der Waals surface area contributed by atoms with Crippen LogP contribution in [0, 0.1) is 0 Å². The molecule has 0 saturated carbocycles. The quantitative estimate of drug-likeness (QED) is 0.389. The van der Waals surface area contributed by atoms with Gasteiger partial charge in [0.15, 0.2) is 0 Å². The molecule has 2 aliphatic rings. The molecule has 0 fully saturated rings. The average Bonchev–Trinajstić information content (AvgIpc) is 3.26. The second-order valence-electron chi connectivity index (χ2n) is 7.14. The summed E-state index contributed by atoms with van der Waals surface area (Å²) < 4.78 is 11.4. The Hall–Kier alpha value is -3.12. The highest BCUT2D eigenvalue weighted by Crippen LogP contribution is 2.41. The third kappa shape index (κ3) is 3.64. The number of aromatic nitrogens is 2. The van der Waals surface area contributed by atoms with Crippen LogP contribution in [-0.2, 0) is 0 Å². The standard InChI is InChI=1S/C22H26N4O2/c1-26(2)11-6-12-28-20-10-5-9-17-18(20)14-19-21(17)24-25-22(19)23-15-7-4-8-16(13-15)27-3/h4-5,7-10,13-14,23-25H,6,11-12H2,1-3H3. The van der Waals surface area contributed by atoms with Crippen LogP contribution in [0.5, 0.6) is 11.5 Å². The number of hydrogen-bond donors (Lipinski definition) is 3. The van der Waals surface area contributed by atoms with Crippen LogP contribution < -0.4 is 14.8 Å². The van der Waals surface area contributed by atoms with Crippen molar-refractivity contribution in [3.05, 3.63) is 48.5 Å². The van der Waals surface area contributed by atoms with Crippen molar-refractivity contribution in [3.63, 3.8) is 0 Å². The predicted molar refractivity (Wildman–Crippen MR) is 114 cm³/mol. The third-order valence-corrected chi connectivity index (χ3v) is 4.82. The van der Waals surface area contributed by atoms with Crippen molar-refractivity contribution in [2.45, 2.75) is 6.42 Å². The minimum atomic E-state index is 0.706.